The zero-order valence-electron chi connectivity index (χ0n) is 19.6. The standard InChI is InChI=1S/C31H29N3/c1-23(24-15-17-26(18-16-24)25-9-3-2-4-10-25)32-34-21-19-33(20-22-34)31-29-13-7-5-11-27(29)28-12-6-8-14-30(28)31/h2-18,31H,19-22H2,1H3/b32-23+. The van der Waals surface area contributed by atoms with E-state index in [9.17, 15) is 0 Å². The van der Waals surface area contributed by atoms with Crippen molar-refractivity contribution in [3.63, 3.8) is 0 Å². The molecule has 0 spiro atoms. The molecule has 4 aromatic rings. The molecule has 168 valence electrons. The Kier molecular flexibility index (Phi) is 5.48. The van der Waals surface area contributed by atoms with Crippen molar-refractivity contribution < 1.29 is 0 Å². The highest BCUT2D eigenvalue weighted by molar-refractivity contribution is 5.98. The summed E-state index contributed by atoms with van der Waals surface area (Å²) in [6.45, 7) is 6.03. The molecule has 0 radical (unpaired) electrons. The fourth-order valence-corrected chi connectivity index (χ4v) is 5.40. The summed E-state index contributed by atoms with van der Waals surface area (Å²) in [5.74, 6) is 0. The Bertz CT molecular complexity index is 1270. The Morgan fingerprint density at radius 3 is 1.76 bits per heavy atom. The van der Waals surface area contributed by atoms with Gasteiger partial charge in [-0.15, -0.1) is 0 Å². The fraction of sp³-hybridized carbons (Fsp3) is 0.194. The molecule has 4 aromatic carbocycles. The van der Waals surface area contributed by atoms with E-state index in [-0.39, 0.29) is 0 Å². The summed E-state index contributed by atoms with van der Waals surface area (Å²) in [4.78, 5) is 2.63. The zero-order valence-corrected chi connectivity index (χ0v) is 19.6. The molecule has 0 saturated carbocycles. The lowest BCUT2D eigenvalue weighted by Crippen LogP contribution is -2.45. The lowest BCUT2D eigenvalue weighted by Gasteiger charge is -2.37. The summed E-state index contributed by atoms with van der Waals surface area (Å²) < 4.78 is 0. The average molecular weight is 444 g/mol. The third-order valence-electron chi connectivity index (χ3n) is 7.16. The van der Waals surface area contributed by atoms with Gasteiger partial charge in [0.25, 0.3) is 0 Å². The Balaban J connectivity index is 1.15. The summed E-state index contributed by atoms with van der Waals surface area (Å²) in [5.41, 5.74) is 10.4. The van der Waals surface area contributed by atoms with Crippen LogP contribution in [0.5, 0.6) is 0 Å². The topological polar surface area (TPSA) is 18.8 Å². The lowest BCUT2D eigenvalue weighted by atomic mass is 10.0. The summed E-state index contributed by atoms with van der Waals surface area (Å²) in [6, 6.07) is 37.4. The second-order valence-corrected chi connectivity index (χ2v) is 9.20. The Hall–Kier alpha value is -3.69. The molecule has 1 saturated heterocycles. The van der Waals surface area contributed by atoms with Crippen molar-refractivity contribution in [2.45, 2.75) is 13.0 Å². The van der Waals surface area contributed by atoms with E-state index in [1.54, 1.807) is 0 Å². The van der Waals surface area contributed by atoms with E-state index in [4.69, 9.17) is 5.10 Å². The minimum absolute atomic E-state index is 0.352. The van der Waals surface area contributed by atoms with Crippen LogP contribution in [0.25, 0.3) is 22.3 Å². The van der Waals surface area contributed by atoms with Gasteiger partial charge in [-0.1, -0.05) is 103 Å². The highest BCUT2D eigenvalue weighted by Gasteiger charge is 2.33. The first-order valence-corrected chi connectivity index (χ1v) is 12.2. The van der Waals surface area contributed by atoms with Crippen LogP contribution in [0, 0.1) is 0 Å². The SMILES string of the molecule is C/C(=N\N1CCN(C2c3ccccc3-c3ccccc32)CC1)c1ccc(-c2ccccc2)cc1. The molecule has 2 aliphatic rings. The van der Waals surface area contributed by atoms with E-state index in [0.29, 0.717) is 6.04 Å². The van der Waals surface area contributed by atoms with Gasteiger partial charge in [0, 0.05) is 26.2 Å². The Morgan fingerprint density at radius 2 is 1.15 bits per heavy atom. The third-order valence-corrected chi connectivity index (χ3v) is 7.16. The van der Waals surface area contributed by atoms with Gasteiger partial charge in [-0.3, -0.25) is 9.91 Å². The summed E-state index contributed by atoms with van der Waals surface area (Å²) in [5, 5.41) is 7.22. The van der Waals surface area contributed by atoms with Gasteiger partial charge in [-0.25, -0.2) is 0 Å². The highest BCUT2D eigenvalue weighted by atomic mass is 15.5. The molecule has 1 aliphatic heterocycles. The minimum atomic E-state index is 0.352. The molecule has 0 bridgehead atoms. The quantitative estimate of drug-likeness (QED) is 0.337. The van der Waals surface area contributed by atoms with Crippen molar-refractivity contribution in [3.05, 3.63) is 120 Å². The third kappa shape index (κ3) is 3.82. The number of piperazine rings is 1. The fourth-order valence-electron chi connectivity index (χ4n) is 5.40. The van der Waals surface area contributed by atoms with Crippen molar-refractivity contribution in [1.29, 1.82) is 0 Å². The van der Waals surface area contributed by atoms with Crippen LogP contribution >= 0.6 is 0 Å². The van der Waals surface area contributed by atoms with Crippen LogP contribution in [-0.4, -0.2) is 41.8 Å². The van der Waals surface area contributed by atoms with E-state index >= 15 is 0 Å². The molecule has 1 fully saturated rings. The Labute approximate surface area is 202 Å². The molecular formula is C31H29N3. The molecular weight excluding hydrogens is 414 g/mol. The van der Waals surface area contributed by atoms with Gasteiger partial charge < -0.3 is 0 Å². The van der Waals surface area contributed by atoms with E-state index in [1.165, 1.54) is 38.9 Å². The average Bonchev–Trinajstić information content (AvgIpc) is 3.24. The van der Waals surface area contributed by atoms with Crippen LogP contribution < -0.4 is 0 Å². The maximum Gasteiger partial charge on any atom is 0.0646 e. The van der Waals surface area contributed by atoms with E-state index in [0.717, 1.165) is 31.9 Å². The molecule has 1 heterocycles. The van der Waals surface area contributed by atoms with Gasteiger partial charge >= 0.3 is 0 Å². The Morgan fingerprint density at radius 1 is 0.618 bits per heavy atom. The van der Waals surface area contributed by atoms with Crippen molar-refractivity contribution in [2.75, 3.05) is 26.2 Å². The molecule has 1 aliphatic carbocycles. The van der Waals surface area contributed by atoms with Crippen molar-refractivity contribution in [3.8, 4) is 22.3 Å². The van der Waals surface area contributed by atoms with Gasteiger partial charge in [-0.05, 0) is 45.9 Å². The second-order valence-electron chi connectivity index (χ2n) is 9.20. The van der Waals surface area contributed by atoms with Crippen LogP contribution in [0.15, 0.2) is 108 Å². The molecule has 3 heteroatoms. The molecule has 34 heavy (non-hydrogen) atoms. The smallest absolute Gasteiger partial charge is 0.0646 e. The minimum Gasteiger partial charge on any atom is -0.294 e. The van der Waals surface area contributed by atoms with Crippen LogP contribution in [0.4, 0.5) is 0 Å². The maximum absolute atomic E-state index is 4.98. The molecule has 0 unspecified atom stereocenters. The number of hydrogen-bond acceptors (Lipinski definition) is 3. The van der Waals surface area contributed by atoms with Crippen molar-refractivity contribution in [1.82, 2.24) is 9.91 Å². The normalized spacial score (nSPS) is 16.4. The molecule has 0 aromatic heterocycles. The molecule has 3 nitrogen and oxygen atoms in total. The molecule has 6 rings (SSSR count). The van der Waals surface area contributed by atoms with E-state index < -0.39 is 0 Å². The molecule has 0 N–H and O–H groups in total. The molecule has 0 amide bonds. The first kappa shape index (κ1) is 20.9. The highest BCUT2D eigenvalue weighted by Crippen LogP contribution is 2.46. The predicted octanol–water partition coefficient (Wildman–Crippen LogP) is 6.47. The van der Waals surface area contributed by atoms with E-state index in [2.05, 4.69) is 120 Å². The first-order chi connectivity index (χ1) is 16.8. The number of rotatable bonds is 4. The van der Waals surface area contributed by atoms with Gasteiger partial charge in [0.2, 0.25) is 0 Å². The van der Waals surface area contributed by atoms with Crippen molar-refractivity contribution in [2.24, 2.45) is 5.10 Å². The first-order valence-electron chi connectivity index (χ1n) is 12.2. The second kappa shape index (κ2) is 8.92. The number of fused-ring (bicyclic) bond motifs is 3. The zero-order chi connectivity index (χ0) is 22.9. The van der Waals surface area contributed by atoms with Crippen molar-refractivity contribution >= 4 is 5.71 Å². The number of nitrogens with zero attached hydrogens (tertiary/aromatic N) is 3. The van der Waals surface area contributed by atoms with Gasteiger partial charge in [-0.2, -0.15) is 5.10 Å². The van der Waals surface area contributed by atoms with E-state index in [1.807, 2.05) is 0 Å². The monoisotopic (exact) mass is 443 g/mol. The summed E-state index contributed by atoms with van der Waals surface area (Å²) in [6.07, 6.45) is 0. The molecule has 0 atom stereocenters. The summed E-state index contributed by atoms with van der Waals surface area (Å²) in [7, 11) is 0. The van der Waals surface area contributed by atoms with Crippen LogP contribution in [-0.2, 0) is 0 Å². The number of hydrazone groups is 1. The van der Waals surface area contributed by atoms with Crippen LogP contribution in [0.1, 0.15) is 29.7 Å². The van der Waals surface area contributed by atoms with Gasteiger partial charge in [0.1, 0.15) is 0 Å². The predicted molar refractivity (Wildman–Crippen MR) is 141 cm³/mol. The largest absolute Gasteiger partial charge is 0.294 e. The number of hydrogen-bond donors (Lipinski definition) is 0. The van der Waals surface area contributed by atoms with Crippen LogP contribution in [0.3, 0.4) is 0 Å². The maximum atomic E-state index is 4.98. The summed E-state index contributed by atoms with van der Waals surface area (Å²) >= 11 is 0. The van der Waals surface area contributed by atoms with Gasteiger partial charge in [0.05, 0.1) is 11.8 Å². The van der Waals surface area contributed by atoms with Gasteiger partial charge in [0.15, 0.2) is 0 Å². The number of benzene rings is 4. The van der Waals surface area contributed by atoms with Crippen LogP contribution in [0.2, 0.25) is 0 Å². The lowest BCUT2D eigenvalue weighted by molar-refractivity contribution is 0.114.